The van der Waals surface area contributed by atoms with E-state index in [-0.39, 0.29) is 17.2 Å². The van der Waals surface area contributed by atoms with Gasteiger partial charge in [0.2, 0.25) is 5.91 Å². The van der Waals surface area contributed by atoms with E-state index in [2.05, 4.69) is 41.8 Å². The first kappa shape index (κ1) is 14.5. The third-order valence-corrected chi connectivity index (χ3v) is 4.30. The first-order valence-corrected chi connectivity index (χ1v) is 7.78. The van der Waals surface area contributed by atoms with Crippen molar-refractivity contribution < 1.29 is 4.79 Å². The molecular formula is C14H23N3OS. The number of nitrogens with one attached hydrogen (secondary N) is 2. The van der Waals surface area contributed by atoms with Gasteiger partial charge in [-0.05, 0) is 13.0 Å². The number of hydrogen-bond donors (Lipinski definition) is 2. The van der Waals surface area contributed by atoms with Gasteiger partial charge in [-0.1, -0.05) is 20.8 Å². The Labute approximate surface area is 119 Å². The third kappa shape index (κ3) is 4.01. The Bertz CT molecular complexity index is 430. The molecule has 4 nitrogen and oxygen atoms in total. The zero-order valence-electron chi connectivity index (χ0n) is 12.0. The molecule has 1 saturated heterocycles. The molecule has 0 spiro atoms. The Morgan fingerprint density at radius 2 is 2.37 bits per heavy atom. The fourth-order valence-corrected chi connectivity index (χ4v) is 3.11. The first-order valence-electron chi connectivity index (χ1n) is 6.90. The van der Waals surface area contributed by atoms with Crippen molar-refractivity contribution in [3.05, 3.63) is 16.1 Å². The second kappa shape index (κ2) is 6.01. The highest BCUT2D eigenvalue weighted by molar-refractivity contribution is 7.09. The molecule has 1 amide bonds. The van der Waals surface area contributed by atoms with Gasteiger partial charge in [0.1, 0.15) is 0 Å². The van der Waals surface area contributed by atoms with E-state index < -0.39 is 0 Å². The maximum atomic E-state index is 11.8. The normalized spacial score (nSPS) is 19.6. The smallest absolute Gasteiger partial charge is 0.224 e. The second-order valence-corrected chi connectivity index (χ2v) is 7.05. The van der Waals surface area contributed by atoms with Crippen molar-refractivity contribution in [2.24, 2.45) is 5.92 Å². The number of carbonyl (C=O) groups is 1. The van der Waals surface area contributed by atoms with Crippen LogP contribution in [-0.4, -0.2) is 30.5 Å². The second-order valence-electron chi connectivity index (χ2n) is 6.11. The molecule has 106 valence electrons. The average Bonchev–Trinajstić information content (AvgIpc) is 2.99. The van der Waals surface area contributed by atoms with Crippen molar-refractivity contribution in [1.82, 2.24) is 15.6 Å². The summed E-state index contributed by atoms with van der Waals surface area (Å²) in [6.07, 6.45) is 1.78. The fourth-order valence-electron chi connectivity index (χ4n) is 2.09. The summed E-state index contributed by atoms with van der Waals surface area (Å²) in [6, 6.07) is 0. The van der Waals surface area contributed by atoms with Crippen LogP contribution in [-0.2, 0) is 16.6 Å². The average molecular weight is 281 g/mol. The molecule has 19 heavy (non-hydrogen) atoms. The molecule has 1 fully saturated rings. The minimum atomic E-state index is 0.105. The Kier molecular flexibility index (Phi) is 4.58. The molecular weight excluding hydrogens is 258 g/mol. The van der Waals surface area contributed by atoms with E-state index >= 15 is 0 Å². The van der Waals surface area contributed by atoms with Crippen LogP contribution in [0.5, 0.6) is 0 Å². The van der Waals surface area contributed by atoms with Crippen molar-refractivity contribution >= 4 is 17.2 Å². The van der Waals surface area contributed by atoms with E-state index in [4.69, 9.17) is 0 Å². The summed E-state index contributed by atoms with van der Waals surface area (Å²) in [5, 5.41) is 9.45. The molecule has 2 heterocycles. The summed E-state index contributed by atoms with van der Waals surface area (Å²) in [4.78, 5) is 16.5. The van der Waals surface area contributed by atoms with Gasteiger partial charge in [0.25, 0.3) is 0 Å². The first-order chi connectivity index (χ1) is 8.97. The standard InChI is InChI=1S/C14H23N3OS/c1-14(2,3)11-9-19-12(17-11)5-7-16-13(18)10-4-6-15-8-10/h9-10,15H,4-8H2,1-3H3,(H,16,18). The molecule has 2 N–H and O–H groups in total. The van der Waals surface area contributed by atoms with Gasteiger partial charge in [-0.3, -0.25) is 4.79 Å². The van der Waals surface area contributed by atoms with Gasteiger partial charge in [0.15, 0.2) is 0 Å². The van der Waals surface area contributed by atoms with E-state index in [1.165, 1.54) is 0 Å². The zero-order chi connectivity index (χ0) is 13.9. The molecule has 1 aromatic heterocycles. The molecule has 0 aliphatic carbocycles. The SMILES string of the molecule is CC(C)(C)c1csc(CCNC(=O)C2CCNC2)n1. The molecule has 0 bridgehead atoms. The highest BCUT2D eigenvalue weighted by Gasteiger charge is 2.22. The molecule has 5 heteroatoms. The van der Waals surface area contributed by atoms with Gasteiger partial charge >= 0.3 is 0 Å². The number of nitrogens with zero attached hydrogens (tertiary/aromatic N) is 1. The van der Waals surface area contributed by atoms with E-state index in [0.717, 1.165) is 36.6 Å². The molecule has 1 aliphatic rings. The molecule has 2 rings (SSSR count). The molecule has 1 unspecified atom stereocenters. The van der Waals surface area contributed by atoms with Gasteiger partial charge in [-0.15, -0.1) is 11.3 Å². The third-order valence-electron chi connectivity index (χ3n) is 3.39. The van der Waals surface area contributed by atoms with Crippen LogP contribution in [0.15, 0.2) is 5.38 Å². The topological polar surface area (TPSA) is 54.0 Å². The lowest BCUT2D eigenvalue weighted by Crippen LogP contribution is -2.33. The van der Waals surface area contributed by atoms with E-state index in [1.54, 1.807) is 11.3 Å². The van der Waals surface area contributed by atoms with Crippen LogP contribution in [0.1, 0.15) is 37.9 Å². The van der Waals surface area contributed by atoms with Crippen molar-refractivity contribution in [2.45, 2.75) is 39.0 Å². The van der Waals surface area contributed by atoms with Gasteiger partial charge in [-0.25, -0.2) is 4.98 Å². The van der Waals surface area contributed by atoms with Crippen molar-refractivity contribution in [3.63, 3.8) is 0 Å². The maximum absolute atomic E-state index is 11.8. The fraction of sp³-hybridized carbons (Fsp3) is 0.714. The number of amides is 1. The molecule has 1 aromatic rings. The van der Waals surface area contributed by atoms with Crippen LogP contribution in [0, 0.1) is 5.92 Å². The monoisotopic (exact) mass is 281 g/mol. The van der Waals surface area contributed by atoms with E-state index in [1.807, 2.05) is 0 Å². The molecule has 0 aromatic carbocycles. The van der Waals surface area contributed by atoms with Crippen LogP contribution in [0.2, 0.25) is 0 Å². The minimum absolute atomic E-state index is 0.105. The molecule has 0 saturated carbocycles. The molecule has 0 radical (unpaired) electrons. The number of thiazole rings is 1. The summed E-state index contributed by atoms with van der Waals surface area (Å²) in [5.74, 6) is 0.332. The van der Waals surface area contributed by atoms with Crippen LogP contribution >= 0.6 is 11.3 Å². The summed E-state index contributed by atoms with van der Waals surface area (Å²) < 4.78 is 0. The number of aromatic nitrogens is 1. The van der Waals surface area contributed by atoms with Gasteiger partial charge in [0, 0.05) is 30.3 Å². The molecule has 1 atom stereocenters. The Morgan fingerprint density at radius 1 is 1.58 bits per heavy atom. The van der Waals surface area contributed by atoms with E-state index in [9.17, 15) is 4.79 Å². The number of rotatable bonds is 4. The summed E-state index contributed by atoms with van der Waals surface area (Å²) >= 11 is 1.69. The Balaban J connectivity index is 1.76. The lowest BCUT2D eigenvalue weighted by Gasteiger charge is -2.14. The number of hydrogen-bond acceptors (Lipinski definition) is 4. The van der Waals surface area contributed by atoms with Gasteiger partial charge in [-0.2, -0.15) is 0 Å². The molecule has 1 aliphatic heterocycles. The highest BCUT2D eigenvalue weighted by atomic mass is 32.1. The predicted octanol–water partition coefficient (Wildman–Crippen LogP) is 1.71. The van der Waals surface area contributed by atoms with Crippen molar-refractivity contribution in [3.8, 4) is 0 Å². The Hall–Kier alpha value is -0.940. The van der Waals surface area contributed by atoms with Crippen LogP contribution < -0.4 is 10.6 Å². The highest BCUT2D eigenvalue weighted by Crippen LogP contribution is 2.23. The maximum Gasteiger partial charge on any atom is 0.224 e. The van der Waals surface area contributed by atoms with Gasteiger partial charge < -0.3 is 10.6 Å². The summed E-state index contributed by atoms with van der Waals surface area (Å²) in [6.45, 7) is 8.96. The summed E-state index contributed by atoms with van der Waals surface area (Å²) in [5.41, 5.74) is 1.24. The zero-order valence-corrected chi connectivity index (χ0v) is 12.8. The van der Waals surface area contributed by atoms with Gasteiger partial charge in [0.05, 0.1) is 16.6 Å². The minimum Gasteiger partial charge on any atom is -0.355 e. The predicted molar refractivity (Wildman–Crippen MR) is 78.5 cm³/mol. The van der Waals surface area contributed by atoms with Crippen LogP contribution in [0.4, 0.5) is 0 Å². The lowest BCUT2D eigenvalue weighted by molar-refractivity contribution is -0.124. The van der Waals surface area contributed by atoms with Crippen LogP contribution in [0.3, 0.4) is 0 Å². The van der Waals surface area contributed by atoms with Crippen LogP contribution in [0.25, 0.3) is 0 Å². The number of carbonyl (C=O) groups excluding carboxylic acids is 1. The largest absolute Gasteiger partial charge is 0.355 e. The quantitative estimate of drug-likeness (QED) is 0.883. The Morgan fingerprint density at radius 3 is 2.95 bits per heavy atom. The van der Waals surface area contributed by atoms with E-state index in [0.29, 0.717) is 6.54 Å². The van der Waals surface area contributed by atoms with Crippen molar-refractivity contribution in [1.29, 1.82) is 0 Å². The summed E-state index contributed by atoms with van der Waals surface area (Å²) in [7, 11) is 0. The van der Waals surface area contributed by atoms with Crippen molar-refractivity contribution in [2.75, 3.05) is 19.6 Å². The lowest BCUT2D eigenvalue weighted by atomic mass is 9.93.